The number of nitrogens with zero attached hydrogens (tertiary/aromatic N) is 2. The largest absolute Gasteiger partial charge is 0.457 e. The summed E-state index contributed by atoms with van der Waals surface area (Å²) >= 11 is 5.93. The number of benzene rings is 3. The number of oxazole rings is 1. The molecule has 1 aromatic heterocycles. The molecule has 0 unspecified atom stereocenters. The van der Waals surface area contributed by atoms with Crippen molar-refractivity contribution in [2.24, 2.45) is 0 Å². The number of fused-ring (bicyclic) bond motifs is 1. The summed E-state index contributed by atoms with van der Waals surface area (Å²) < 4.78 is 17.2. The van der Waals surface area contributed by atoms with E-state index in [0.717, 1.165) is 16.6 Å². The molecular weight excluding hydrogens is 440 g/mol. The van der Waals surface area contributed by atoms with Gasteiger partial charge < -0.3 is 18.8 Å². The van der Waals surface area contributed by atoms with Gasteiger partial charge in [-0.2, -0.15) is 0 Å². The molecule has 0 saturated carbocycles. The van der Waals surface area contributed by atoms with Gasteiger partial charge in [-0.05, 0) is 60.5 Å². The first-order chi connectivity index (χ1) is 16.1. The summed E-state index contributed by atoms with van der Waals surface area (Å²) in [6.07, 6.45) is 1.20. The van der Waals surface area contributed by atoms with Gasteiger partial charge in [-0.25, -0.2) is 4.98 Å². The van der Waals surface area contributed by atoms with Gasteiger partial charge in [0.2, 0.25) is 11.8 Å². The van der Waals surface area contributed by atoms with Crippen LogP contribution in [-0.2, 0) is 16.0 Å². The van der Waals surface area contributed by atoms with Gasteiger partial charge >= 0.3 is 0 Å². The van der Waals surface area contributed by atoms with E-state index in [9.17, 15) is 4.79 Å². The third-order valence-electron chi connectivity index (χ3n) is 5.60. The number of aryl methyl sites for hydroxylation is 1. The van der Waals surface area contributed by atoms with Crippen LogP contribution >= 0.6 is 11.6 Å². The van der Waals surface area contributed by atoms with Crippen LogP contribution in [0.3, 0.4) is 0 Å². The molecule has 5 rings (SSSR count). The van der Waals surface area contributed by atoms with Crippen LogP contribution in [-0.4, -0.2) is 42.1 Å². The van der Waals surface area contributed by atoms with E-state index in [1.165, 1.54) is 0 Å². The van der Waals surface area contributed by atoms with Gasteiger partial charge in [-0.15, -0.1) is 0 Å². The molecule has 2 heterocycles. The SMILES string of the molecule is O=C(CCc1ccc(-c2nc3ccc(Oc4ccc(Cl)cc4)cc3o2)cc1)N1CCOCC1. The minimum absolute atomic E-state index is 0.179. The Hall–Kier alpha value is -3.35. The normalized spacial score (nSPS) is 13.9. The number of halogens is 1. The maximum absolute atomic E-state index is 12.3. The highest BCUT2D eigenvalue weighted by molar-refractivity contribution is 6.30. The summed E-state index contributed by atoms with van der Waals surface area (Å²) in [7, 11) is 0. The number of amides is 1. The molecular formula is C26H23ClN2O4. The van der Waals surface area contributed by atoms with Crippen molar-refractivity contribution >= 4 is 28.6 Å². The number of rotatable bonds is 6. The molecule has 1 fully saturated rings. The maximum Gasteiger partial charge on any atom is 0.227 e. The molecule has 3 aromatic carbocycles. The Labute approximate surface area is 196 Å². The van der Waals surface area contributed by atoms with Gasteiger partial charge in [-0.1, -0.05) is 23.7 Å². The predicted molar refractivity (Wildman–Crippen MR) is 127 cm³/mol. The van der Waals surface area contributed by atoms with Crippen molar-refractivity contribution in [2.75, 3.05) is 26.3 Å². The molecule has 1 aliphatic heterocycles. The molecule has 168 valence electrons. The monoisotopic (exact) mass is 462 g/mol. The van der Waals surface area contributed by atoms with Crippen molar-refractivity contribution in [3.63, 3.8) is 0 Å². The number of morpholine rings is 1. The fourth-order valence-electron chi connectivity index (χ4n) is 3.77. The zero-order chi connectivity index (χ0) is 22.6. The number of carbonyl (C=O) groups is 1. The molecule has 0 atom stereocenters. The molecule has 0 spiro atoms. The average Bonchev–Trinajstić information content (AvgIpc) is 3.28. The van der Waals surface area contributed by atoms with Crippen LogP contribution in [0.5, 0.6) is 11.5 Å². The van der Waals surface area contributed by atoms with E-state index in [0.29, 0.717) is 67.1 Å². The molecule has 6 nitrogen and oxygen atoms in total. The molecule has 0 N–H and O–H groups in total. The molecule has 4 aromatic rings. The zero-order valence-corrected chi connectivity index (χ0v) is 18.8. The number of hydrogen-bond donors (Lipinski definition) is 0. The van der Waals surface area contributed by atoms with Crippen molar-refractivity contribution < 1.29 is 18.7 Å². The lowest BCUT2D eigenvalue weighted by Gasteiger charge is -2.26. The number of hydrogen-bond acceptors (Lipinski definition) is 5. The smallest absolute Gasteiger partial charge is 0.227 e. The van der Waals surface area contributed by atoms with E-state index in [2.05, 4.69) is 4.98 Å². The maximum atomic E-state index is 12.3. The molecule has 1 amide bonds. The fraction of sp³-hybridized carbons (Fsp3) is 0.231. The summed E-state index contributed by atoms with van der Waals surface area (Å²) in [5, 5.41) is 0.660. The Morgan fingerprint density at radius 2 is 1.70 bits per heavy atom. The highest BCUT2D eigenvalue weighted by Crippen LogP contribution is 2.30. The second-order valence-corrected chi connectivity index (χ2v) is 8.33. The lowest BCUT2D eigenvalue weighted by atomic mass is 10.1. The Kier molecular flexibility index (Phi) is 6.28. The van der Waals surface area contributed by atoms with Crippen molar-refractivity contribution in [1.82, 2.24) is 9.88 Å². The van der Waals surface area contributed by atoms with E-state index in [4.69, 9.17) is 25.5 Å². The van der Waals surface area contributed by atoms with Gasteiger partial charge in [0.15, 0.2) is 5.58 Å². The first kappa shape index (κ1) is 21.5. The third-order valence-corrected chi connectivity index (χ3v) is 5.85. The van der Waals surface area contributed by atoms with E-state index in [1.54, 1.807) is 12.1 Å². The standard InChI is InChI=1S/C26H23ClN2O4/c27-20-6-8-21(9-7-20)32-22-10-11-23-24(17-22)33-26(28-23)19-4-1-18(2-5-19)3-12-25(30)29-13-15-31-16-14-29/h1-2,4-11,17H,3,12-16H2. The average molecular weight is 463 g/mol. The number of aromatic nitrogens is 1. The van der Waals surface area contributed by atoms with Crippen molar-refractivity contribution in [3.05, 3.63) is 77.3 Å². The fourth-order valence-corrected chi connectivity index (χ4v) is 3.89. The first-order valence-electron chi connectivity index (χ1n) is 10.9. The van der Waals surface area contributed by atoms with Gasteiger partial charge in [0, 0.05) is 36.2 Å². The Morgan fingerprint density at radius 1 is 0.970 bits per heavy atom. The lowest BCUT2D eigenvalue weighted by Crippen LogP contribution is -2.40. The minimum Gasteiger partial charge on any atom is -0.457 e. The van der Waals surface area contributed by atoms with Crippen LogP contribution in [0.15, 0.2) is 71.1 Å². The molecule has 7 heteroatoms. The van der Waals surface area contributed by atoms with Gasteiger partial charge in [0.05, 0.1) is 13.2 Å². The summed E-state index contributed by atoms with van der Waals surface area (Å²) in [5.41, 5.74) is 3.40. The molecule has 0 aliphatic carbocycles. The summed E-state index contributed by atoms with van der Waals surface area (Å²) in [4.78, 5) is 18.8. The minimum atomic E-state index is 0.179. The van der Waals surface area contributed by atoms with E-state index in [-0.39, 0.29) is 5.91 Å². The van der Waals surface area contributed by atoms with E-state index in [1.807, 2.05) is 59.5 Å². The molecule has 1 saturated heterocycles. The lowest BCUT2D eigenvalue weighted by molar-refractivity contribution is -0.135. The molecule has 0 bridgehead atoms. The molecule has 0 radical (unpaired) electrons. The summed E-state index contributed by atoms with van der Waals surface area (Å²) in [6, 6.07) is 20.7. The van der Waals surface area contributed by atoms with Gasteiger partial charge in [0.25, 0.3) is 0 Å². The highest BCUT2D eigenvalue weighted by Gasteiger charge is 2.16. The van der Waals surface area contributed by atoms with Crippen LogP contribution in [0.4, 0.5) is 0 Å². The van der Waals surface area contributed by atoms with Gasteiger partial charge in [0.1, 0.15) is 17.0 Å². The van der Waals surface area contributed by atoms with Crippen LogP contribution in [0.1, 0.15) is 12.0 Å². The quantitative estimate of drug-likeness (QED) is 0.366. The summed E-state index contributed by atoms with van der Waals surface area (Å²) in [5.74, 6) is 2.08. The Bertz CT molecular complexity index is 1250. The second-order valence-electron chi connectivity index (χ2n) is 7.89. The molecule has 1 aliphatic rings. The van der Waals surface area contributed by atoms with Crippen LogP contribution < -0.4 is 4.74 Å². The second kappa shape index (κ2) is 9.65. The zero-order valence-electron chi connectivity index (χ0n) is 18.0. The van der Waals surface area contributed by atoms with Crippen molar-refractivity contribution in [1.29, 1.82) is 0 Å². The van der Waals surface area contributed by atoms with Crippen LogP contribution in [0.25, 0.3) is 22.6 Å². The molecule has 33 heavy (non-hydrogen) atoms. The van der Waals surface area contributed by atoms with E-state index < -0.39 is 0 Å². The Balaban J connectivity index is 1.24. The number of carbonyl (C=O) groups excluding carboxylic acids is 1. The Morgan fingerprint density at radius 3 is 2.45 bits per heavy atom. The first-order valence-corrected chi connectivity index (χ1v) is 11.3. The van der Waals surface area contributed by atoms with Crippen molar-refractivity contribution in [2.45, 2.75) is 12.8 Å². The van der Waals surface area contributed by atoms with Crippen molar-refractivity contribution in [3.8, 4) is 23.0 Å². The topological polar surface area (TPSA) is 64.8 Å². The predicted octanol–water partition coefficient (Wildman–Crippen LogP) is 5.73. The van der Waals surface area contributed by atoms with E-state index >= 15 is 0 Å². The van der Waals surface area contributed by atoms with Gasteiger partial charge in [-0.3, -0.25) is 4.79 Å². The number of ether oxygens (including phenoxy) is 2. The summed E-state index contributed by atoms with van der Waals surface area (Å²) in [6.45, 7) is 2.61. The van der Waals surface area contributed by atoms with Crippen LogP contribution in [0, 0.1) is 0 Å². The van der Waals surface area contributed by atoms with Crippen LogP contribution in [0.2, 0.25) is 5.02 Å². The highest BCUT2D eigenvalue weighted by atomic mass is 35.5. The third kappa shape index (κ3) is 5.18.